The van der Waals surface area contributed by atoms with Crippen LogP contribution in [0.1, 0.15) is 106 Å². The van der Waals surface area contributed by atoms with Gasteiger partial charge in [-0.25, -0.2) is 28.2 Å². The van der Waals surface area contributed by atoms with Gasteiger partial charge in [0.2, 0.25) is 0 Å². The number of rotatable bonds is 7. The molecule has 372 valence electrons. The summed E-state index contributed by atoms with van der Waals surface area (Å²) in [6.07, 6.45) is 11.1. The van der Waals surface area contributed by atoms with Gasteiger partial charge in [-0.1, -0.05) is 70.7 Å². The molecule has 10 rings (SSSR count). The van der Waals surface area contributed by atoms with Crippen LogP contribution < -0.4 is 11.3 Å². The number of nitrogens with one attached hydrogen (secondary N) is 1. The molecule has 0 bridgehead atoms. The van der Waals surface area contributed by atoms with Gasteiger partial charge in [0.1, 0.15) is 17.3 Å². The third-order valence-electron chi connectivity index (χ3n) is 12.6. The molecule has 5 N–H and O–H groups in total. The van der Waals surface area contributed by atoms with Gasteiger partial charge >= 0.3 is 0 Å². The minimum atomic E-state index is -0.608. The van der Waals surface area contributed by atoms with Gasteiger partial charge < -0.3 is 10.2 Å². The van der Waals surface area contributed by atoms with E-state index in [2.05, 4.69) is 10.5 Å². The quantitative estimate of drug-likeness (QED) is 0.0903. The molecule has 2 saturated heterocycles. The largest absolute Gasteiger partial charge is 0.393 e. The molecule has 12 nitrogen and oxygen atoms in total. The summed E-state index contributed by atoms with van der Waals surface area (Å²) in [6.45, 7) is 2.82. The van der Waals surface area contributed by atoms with Crippen LogP contribution in [0.2, 0.25) is 20.1 Å². The third-order valence-corrected chi connectivity index (χ3v) is 13.9. The number of aliphatic hydroxyl groups is 2. The molecule has 0 atom stereocenters. The number of aliphatic hydroxyl groups excluding tert-OH is 2. The van der Waals surface area contributed by atoms with Crippen LogP contribution in [-0.2, 0) is 12.8 Å². The average Bonchev–Trinajstić information content (AvgIpc) is 3.94. The summed E-state index contributed by atoms with van der Waals surface area (Å²) >= 11 is 30.9. The van der Waals surface area contributed by atoms with Crippen molar-refractivity contribution in [1.82, 2.24) is 35.0 Å². The van der Waals surface area contributed by atoms with Crippen LogP contribution in [0.4, 0.5) is 8.78 Å². The van der Waals surface area contributed by atoms with Gasteiger partial charge in [-0.2, -0.15) is 10.2 Å². The van der Waals surface area contributed by atoms with E-state index in [-0.39, 0.29) is 35.4 Å². The molecule has 1 amide bonds. The van der Waals surface area contributed by atoms with Crippen molar-refractivity contribution in [1.29, 1.82) is 0 Å². The van der Waals surface area contributed by atoms with Crippen LogP contribution in [0.15, 0.2) is 84.9 Å². The second kappa shape index (κ2) is 23.7. The summed E-state index contributed by atoms with van der Waals surface area (Å²) in [7, 11) is 0. The molecule has 2 fully saturated rings. The Morgan fingerprint density at radius 3 is 1.46 bits per heavy atom. The van der Waals surface area contributed by atoms with E-state index in [1.54, 1.807) is 75.0 Å². The lowest BCUT2D eigenvalue weighted by molar-refractivity contribution is 0.0463. The number of benzene rings is 4. The number of hydrogen-bond donors (Lipinski definition) is 4. The molecule has 0 saturated carbocycles. The fraction of sp³-hybridized carbons (Fsp3) is 0.308. The summed E-state index contributed by atoms with van der Waals surface area (Å²) in [5, 5.41) is 32.7. The lowest BCUT2D eigenvalue weighted by Crippen LogP contribution is -2.47. The van der Waals surface area contributed by atoms with Crippen molar-refractivity contribution in [2.24, 2.45) is 5.84 Å². The smallest absolute Gasteiger partial charge is 0.286 e. The van der Waals surface area contributed by atoms with Gasteiger partial charge in [-0.05, 0) is 171 Å². The van der Waals surface area contributed by atoms with Crippen LogP contribution in [0.5, 0.6) is 0 Å². The number of amides is 1. The number of allylic oxidation sites excluding steroid dienone is 2. The van der Waals surface area contributed by atoms with Crippen molar-refractivity contribution >= 4 is 92.5 Å². The van der Waals surface area contributed by atoms with Crippen LogP contribution >= 0.6 is 58.0 Å². The van der Waals surface area contributed by atoms with Crippen molar-refractivity contribution in [2.75, 3.05) is 26.2 Å². The Kier molecular flexibility index (Phi) is 17.5. The Morgan fingerprint density at radius 2 is 1.04 bits per heavy atom. The van der Waals surface area contributed by atoms with Gasteiger partial charge in [0.15, 0.2) is 5.69 Å². The Morgan fingerprint density at radius 1 is 0.620 bits per heavy atom. The zero-order valence-electron chi connectivity index (χ0n) is 38.4. The normalized spacial score (nSPS) is 17.7. The van der Waals surface area contributed by atoms with Crippen LogP contribution in [0, 0.1) is 11.6 Å². The summed E-state index contributed by atoms with van der Waals surface area (Å²) in [5.74, 6) is 4.55. The predicted octanol–water partition coefficient (Wildman–Crippen LogP) is 11.2. The van der Waals surface area contributed by atoms with Gasteiger partial charge in [0.05, 0.1) is 45.0 Å². The van der Waals surface area contributed by atoms with E-state index in [0.29, 0.717) is 75.9 Å². The van der Waals surface area contributed by atoms with Crippen molar-refractivity contribution in [2.45, 2.75) is 76.4 Å². The highest BCUT2D eigenvalue weighted by Gasteiger charge is 2.31. The summed E-state index contributed by atoms with van der Waals surface area (Å²) in [6, 6.07) is 22.8. The van der Waals surface area contributed by atoms with E-state index in [0.717, 1.165) is 96.4 Å². The summed E-state index contributed by atoms with van der Waals surface area (Å²) < 4.78 is 30.1. The summed E-state index contributed by atoms with van der Waals surface area (Å²) in [5.41, 5.74) is 11.7. The average molecular weight is 1070 g/mol. The Hall–Kier alpha value is -4.97. The number of nitrogens with zero attached hydrogens (tertiary/aromatic N) is 6. The first kappa shape index (κ1) is 52.4. The number of fused-ring (bicyclic) bond motifs is 2. The molecule has 71 heavy (non-hydrogen) atoms. The number of carbonyl (C=O) groups is 2. The topological polar surface area (TPSA) is 155 Å². The van der Waals surface area contributed by atoms with E-state index in [9.17, 15) is 23.5 Å². The Balaban J connectivity index is 0.000000167. The molecule has 6 aromatic rings. The highest BCUT2D eigenvalue weighted by molar-refractivity contribution is 6.67. The monoisotopic (exact) mass is 1060 g/mol. The van der Waals surface area contributed by atoms with Gasteiger partial charge in [-0.15, -0.1) is 0 Å². The van der Waals surface area contributed by atoms with E-state index in [1.807, 2.05) is 17.2 Å². The highest BCUT2D eigenvalue weighted by atomic mass is 35.5. The number of nitrogens with two attached hydrogens (primary N) is 1. The number of carbonyl (C=O) groups excluding carboxylic acids is 2. The standard InChI is InChI=1S/C26H25Cl2FN4O2.C21H14Cl3FN2O.C5H12N2O/c27-18-6-9-23(22(28)15-18)33-25-17(14-16-4-7-19(29)8-5-16)2-1-3-21(25)24(30-33)26(35)31-32-12-10-20(34)11-13-32;22-14-6-9-18(17(23)11-14)27-20-13(10-12-4-7-15(25)8-5-12)2-1-3-16(20)19(26-27)21(24)28;6-7-3-1-5(8)2-4-7/h4-9,14-15,20,34H,1-3,10-13H2,(H,31,35);4-11H,1-3H2;5,8H,1-4,6H2/b17-14+;13-10+;. The first-order valence-corrected chi connectivity index (χ1v) is 25.2. The van der Waals surface area contributed by atoms with Crippen molar-refractivity contribution in [3.8, 4) is 11.4 Å². The second-order valence-corrected chi connectivity index (χ2v) is 19.7. The predicted molar refractivity (Wildman–Crippen MR) is 277 cm³/mol. The maximum absolute atomic E-state index is 13.5. The highest BCUT2D eigenvalue weighted by Crippen LogP contribution is 2.40. The van der Waals surface area contributed by atoms with Crippen LogP contribution in [0.3, 0.4) is 0 Å². The zero-order valence-corrected chi connectivity index (χ0v) is 42.2. The van der Waals surface area contributed by atoms with Gasteiger partial charge in [0.25, 0.3) is 11.1 Å². The van der Waals surface area contributed by atoms with Gasteiger partial charge in [0, 0.05) is 47.4 Å². The SMILES string of the molecule is NN1CCC(O)CC1.O=C(Cl)c1nn(-c2ccc(Cl)cc2Cl)c2c1CCC/C2=C\c1ccc(F)cc1.O=C(NN1CCC(O)CC1)c1nn(-c2ccc(Cl)cc2Cl)c2c1CCC/C2=C\c1ccc(F)cc1. The molecule has 4 heterocycles. The number of aromatic nitrogens is 4. The molecule has 4 aromatic carbocycles. The molecular formula is C52H51Cl5F2N8O4. The summed E-state index contributed by atoms with van der Waals surface area (Å²) in [4.78, 5) is 25.3. The number of piperidine rings is 2. The molecule has 0 radical (unpaired) electrons. The zero-order chi connectivity index (χ0) is 50.3. The van der Waals surface area contributed by atoms with Gasteiger partial charge in [-0.3, -0.25) is 20.9 Å². The first-order chi connectivity index (χ1) is 34.1. The van der Waals surface area contributed by atoms with E-state index < -0.39 is 5.24 Å². The Labute approximate surface area is 435 Å². The molecule has 0 unspecified atom stereocenters. The van der Waals surface area contributed by atoms with E-state index in [1.165, 1.54) is 24.3 Å². The fourth-order valence-corrected chi connectivity index (χ4v) is 10.2. The molecule has 19 heteroatoms. The van der Waals surface area contributed by atoms with Crippen molar-refractivity contribution < 1.29 is 28.6 Å². The lowest BCUT2D eigenvalue weighted by atomic mass is 9.89. The third kappa shape index (κ3) is 13.0. The minimum absolute atomic E-state index is 0.102. The minimum Gasteiger partial charge on any atom is -0.393 e. The van der Waals surface area contributed by atoms with Crippen LogP contribution in [-0.4, -0.2) is 89.3 Å². The molecule has 2 aromatic heterocycles. The number of hydrogen-bond acceptors (Lipinski definition) is 9. The number of halogens is 7. The fourth-order valence-electron chi connectivity index (χ4n) is 9.04. The maximum Gasteiger partial charge on any atom is 0.286 e. The number of hydrazine groups is 2. The van der Waals surface area contributed by atoms with E-state index >= 15 is 0 Å². The molecular weight excluding hydrogens is 1020 g/mol. The molecule has 4 aliphatic rings. The van der Waals surface area contributed by atoms with E-state index in [4.69, 9.17) is 74.1 Å². The maximum atomic E-state index is 13.5. The Bertz CT molecular complexity index is 2940. The molecule has 2 aliphatic heterocycles. The lowest BCUT2D eigenvalue weighted by Gasteiger charge is -2.29. The first-order valence-electron chi connectivity index (χ1n) is 23.3. The van der Waals surface area contributed by atoms with Crippen molar-refractivity contribution in [3.05, 3.63) is 162 Å². The van der Waals surface area contributed by atoms with Crippen LogP contribution in [0.25, 0.3) is 34.7 Å². The van der Waals surface area contributed by atoms with Crippen molar-refractivity contribution in [3.63, 3.8) is 0 Å². The second-order valence-electron chi connectivity index (χ2n) is 17.7. The molecule has 0 spiro atoms. The molecule has 2 aliphatic carbocycles.